The Balaban J connectivity index is 1.88. The Labute approximate surface area is 193 Å². The Kier molecular flexibility index (Phi) is 7.18. The average molecular weight is 467 g/mol. The predicted octanol–water partition coefficient (Wildman–Crippen LogP) is 4.84. The average Bonchev–Trinajstić information content (AvgIpc) is 2.75. The Morgan fingerprint density at radius 2 is 1.58 bits per heavy atom. The van der Waals surface area contributed by atoms with Gasteiger partial charge in [0.15, 0.2) is 0 Å². The second kappa shape index (κ2) is 9.87. The van der Waals surface area contributed by atoms with Crippen molar-refractivity contribution in [2.75, 3.05) is 16.6 Å². The van der Waals surface area contributed by atoms with Gasteiger partial charge in [-0.2, -0.15) is 0 Å². The lowest BCUT2D eigenvalue weighted by molar-refractivity contribution is 0.0526. The van der Waals surface area contributed by atoms with Crippen LogP contribution in [0.3, 0.4) is 0 Å². The van der Waals surface area contributed by atoms with E-state index in [1.54, 1.807) is 63.2 Å². The molecule has 0 bridgehead atoms. The van der Waals surface area contributed by atoms with Gasteiger partial charge in [0.25, 0.3) is 15.9 Å². The molecule has 0 saturated carbocycles. The van der Waals surface area contributed by atoms with Crippen LogP contribution in [0.1, 0.15) is 44.3 Å². The lowest BCUT2D eigenvalue weighted by Gasteiger charge is -2.14. The Morgan fingerprint density at radius 1 is 0.879 bits per heavy atom. The van der Waals surface area contributed by atoms with E-state index in [9.17, 15) is 18.0 Å². The number of hydrogen-bond acceptors (Lipinski definition) is 5. The molecule has 0 aromatic heterocycles. The number of carbonyl (C=O) groups is 2. The van der Waals surface area contributed by atoms with E-state index >= 15 is 0 Å². The first-order valence-corrected chi connectivity index (χ1v) is 11.9. The number of sulfonamides is 1. The largest absolute Gasteiger partial charge is 0.462 e. The molecule has 0 unspecified atom stereocenters. The minimum Gasteiger partial charge on any atom is -0.462 e. The first-order chi connectivity index (χ1) is 15.6. The van der Waals surface area contributed by atoms with Gasteiger partial charge in [0.05, 0.1) is 17.1 Å². The van der Waals surface area contributed by atoms with Gasteiger partial charge in [0.1, 0.15) is 0 Å². The maximum absolute atomic E-state index is 13.0. The van der Waals surface area contributed by atoms with E-state index in [1.807, 2.05) is 13.0 Å². The number of ether oxygens (including phenoxy) is 1. The van der Waals surface area contributed by atoms with Gasteiger partial charge in [-0.25, -0.2) is 13.2 Å². The highest BCUT2D eigenvalue weighted by Gasteiger charge is 2.20. The zero-order chi connectivity index (χ0) is 24.2. The van der Waals surface area contributed by atoms with E-state index < -0.39 is 21.9 Å². The minimum absolute atomic E-state index is 0.00801. The van der Waals surface area contributed by atoms with Crippen LogP contribution in [0.15, 0.2) is 65.6 Å². The first-order valence-electron chi connectivity index (χ1n) is 10.4. The van der Waals surface area contributed by atoms with Crippen molar-refractivity contribution in [1.29, 1.82) is 0 Å². The second-order valence-electron chi connectivity index (χ2n) is 7.66. The van der Waals surface area contributed by atoms with Crippen LogP contribution in [0.4, 0.5) is 11.4 Å². The Hall–Kier alpha value is -3.65. The molecule has 0 radical (unpaired) electrons. The number of carbonyl (C=O) groups excluding carboxylic acids is 2. The van der Waals surface area contributed by atoms with Crippen LogP contribution in [0, 0.1) is 20.8 Å². The molecule has 2 N–H and O–H groups in total. The summed E-state index contributed by atoms with van der Waals surface area (Å²) < 4.78 is 33.6. The van der Waals surface area contributed by atoms with Crippen molar-refractivity contribution in [2.45, 2.75) is 32.6 Å². The van der Waals surface area contributed by atoms with E-state index in [0.29, 0.717) is 22.5 Å². The van der Waals surface area contributed by atoms with Gasteiger partial charge in [0, 0.05) is 16.9 Å². The van der Waals surface area contributed by atoms with E-state index in [2.05, 4.69) is 10.0 Å². The monoisotopic (exact) mass is 466 g/mol. The predicted molar refractivity (Wildman–Crippen MR) is 128 cm³/mol. The number of benzene rings is 3. The molecule has 0 spiro atoms. The summed E-state index contributed by atoms with van der Waals surface area (Å²) in [5.74, 6) is -0.981. The van der Waals surface area contributed by atoms with Crippen LogP contribution < -0.4 is 10.0 Å². The fraction of sp³-hybridized carbons (Fsp3) is 0.200. The Morgan fingerprint density at radius 3 is 2.27 bits per heavy atom. The second-order valence-corrected chi connectivity index (χ2v) is 9.31. The van der Waals surface area contributed by atoms with Crippen LogP contribution >= 0.6 is 0 Å². The van der Waals surface area contributed by atoms with Crippen molar-refractivity contribution >= 4 is 33.3 Å². The molecule has 0 aliphatic rings. The van der Waals surface area contributed by atoms with Gasteiger partial charge in [-0.05, 0) is 80.8 Å². The molecule has 7 nitrogen and oxygen atoms in total. The van der Waals surface area contributed by atoms with E-state index in [4.69, 9.17) is 4.74 Å². The summed E-state index contributed by atoms with van der Waals surface area (Å²) >= 11 is 0. The summed E-state index contributed by atoms with van der Waals surface area (Å²) in [6.07, 6.45) is 0. The van der Waals surface area contributed by atoms with E-state index in [-0.39, 0.29) is 17.1 Å². The smallest absolute Gasteiger partial charge is 0.338 e. The number of rotatable bonds is 7. The first kappa shape index (κ1) is 24.0. The Bertz CT molecular complexity index is 1320. The molecule has 0 heterocycles. The van der Waals surface area contributed by atoms with Crippen LogP contribution in [0.2, 0.25) is 0 Å². The third-order valence-corrected chi connectivity index (χ3v) is 6.53. The van der Waals surface area contributed by atoms with Crippen molar-refractivity contribution in [3.8, 4) is 0 Å². The fourth-order valence-corrected chi connectivity index (χ4v) is 4.56. The molecule has 0 fully saturated rings. The molecule has 0 saturated heterocycles. The molecule has 0 aliphatic heterocycles. The molecule has 3 aromatic rings. The number of nitrogens with one attached hydrogen (secondary N) is 2. The van der Waals surface area contributed by atoms with Gasteiger partial charge in [-0.1, -0.05) is 24.3 Å². The maximum atomic E-state index is 13.0. The SMILES string of the molecule is CCOC(=O)c1ccc(C)c(NC(=O)c2ccc(C)c(S(=O)(=O)Nc3cccc(C)c3)c2)c1. The number of esters is 1. The number of amides is 1. The molecular weight excluding hydrogens is 440 g/mol. The van der Waals surface area contributed by atoms with Crippen molar-refractivity contribution in [2.24, 2.45) is 0 Å². The van der Waals surface area contributed by atoms with Crippen molar-refractivity contribution in [1.82, 2.24) is 0 Å². The molecule has 3 rings (SSSR count). The highest BCUT2D eigenvalue weighted by atomic mass is 32.2. The summed E-state index contributed by atoms with van der Waals surface area (Å²) in [4.78, 5) is 25.0. The van der Waals surface area contributed by atoms with Crippen LogP contribution in [-0.2, 0) is 14.8 Å². The minimum atomic E-state index is -3.91. The number of anilines is 2. The summed E-state index contributed by atoms with van der Waals surface area (Å²) in [5.41, 5.74) is 3.53. The highest BCUT2D eigenvalue weighted by Crippen LogP contribution is 2.23. The van der Waals surface area contributed by atoms with E-state index in [1.165, 1.54) is 12.1 Å². The summed E-state index contributed by atoms with van der Waals surface area (Å²) in [6, 6.07) is 16.4. The van der Waals surface area contributed by atoms with Gasteiger partial charge >= 0.3 is 5.97 Å². The van der Waals surface area contributed by atoms with E-state index in [0.717, 1.165) is 11.1 Å². The zero-order valence-corrected chi connectivity index (χ0v) is 19.7. The van der Waals surface area contributed by atoms with Crippen LogP contribution in [0.25, 0.3) is 0 Å². The topological polar surface area (TPSA) is 102 Å². The molecule has 1 amide bonds. The van der Waals surface area contributed by atoms with Crippen molar-refractivity contribution < 1.29 is 22.7 Å². The molecule has 8 heteroatoms. The molecule has 33 heavy (non-hydrogen) atoms. The van der Waals surface area contributed by atoms with Crippen LogP contribution in [0.5, 0.6) is 0 Å². The summed E-state index contributed by atoms with van der Waals surface area (Å²) in [5, 5.41) is 2.76. The van der Waals surface area contributed by atoms with Gasteiger partial charge in [-0.15, -0.1) is 0 Å². The molecule has 3 aromatic carbocycles. The third-order valence-electron chi connectivity index (χ3n) is 5.01. The lowest BCUT2D eigenvalue weighted by atomic mass is 10.1. The molecular formula is C25H26N2O5S. The van der Waals surface area contributed by atoms with Crippen molar-refractivity contribution in [3.63, 3.8) is 0 Å². The fourth-order valence-electron chi connectivity index (χ4n) is 3.24. The molecule has 0 atom stereocenters. The van der Waals surface area contributed by atoms with Gasteiger partial charge in [-0.3, -0.25) is 9.52 Å². The lowest BCUT2D eigenvalue weighted by Crippen LogP contribution is -2.17. The zero-order valence-electron chi connectivity index (χ0n) is 18.9. The standard InChI is InChI=1S/C25H26N2O5S/c1-5-32-25(29)20-12-9-17(3)22(14-20)26-24(28)19-11-10-18(4)23(15-19)33(30,31)27-21-8-6-7-16(2)13-21/h6-15,27H,5H2,1-4H3,(H,26,28). The van der Waals surface area contributed by atoms with Gasteiger partial charge < -0.3 is 10.1 Å². The highest BCUT2D eigenvalue weighted by molar-refractivity contribution is 7.92. The summed E-state index contributed by atoms with van der Waals surface area (Å²) in [6.45, 7) is 7.28. The van der Waals surface area contributed by atoms with Crippen LogP contribution in [-0.4, -0.2) is 26.9 Å². The summed E-state index contributed by atoms with van der Waals surface area (Å²) in [7, 11) is -3.91. The molecule has 0 aliphatic carbocycles. The number of aryl methyl sites for hydroxylation is 3. The van der Waals surface area contributed by atoms with Gasteiger partial charge in [0.2, 0.25) is 0 Å². The molecule has 172 valence electrons. The quantitative estimate of drug-likeness (QED) is 0.485. The van der Waals surface area contributed by atoms with Crippen molar-refractivity contribution in [3.05, 3.63) is 88.5 Å². The third kappa shape index (κ3) is 5.78. The normalized spacial score (nSPS) is 11.0. The number of hydrogen-bond donors (Lipinski definition) is 2. The maximum Gasteiger partial charge on any atom is 0.338 e.